The zero-order valence-corrected chi connectivity index (χ0v) is 13.2. The minimum absolute atomic E-state index is 0.0634. The number of methoxy groups -OCH3 is 1. The van der Waals surface area contributed by atoms with Crippen molar-refractivity contribution in [1.82, 2.24) is 9.88 Å². The number of rotatable bonds is 5. The second-order valence-corrected chi connectivity index (χ2v) is 5.69. The number of aryl methyl sites for hydroxylation is 1. The van der Waals surface area contributed by atoms with E-state index in [1.54, 1.807) is 42.5 Å². The molecule has 2 rings (SSSR count). The maximum atomic E-state index is 12.1. The molecule has 2 aromatic rings. The monoisotopic (exact) mass is 302 g/mol. The van der Waals surface area contributed by atoms with Crippen molar-refractivity contribution in [3.8, 4) is 5.75 Å². The third-order valence-corrected chi connectivity index (χ3v) is 3.80. The second kappa shape index (κ2) is 7.04. The van der Waals surface area contributed by atoms with Crippen LogP contribution in [0.3, 0.4) is 0 Å². The fourth-order valence-corrected chi connectivity index (χ4v) is 2.49. The number of benzene rings is 1. The summed E-state index contributed by atoms with van der Waals surface area (Å²) in [5, 5.41) is 2.92. The number of likely N-dealkylation sites (N-methyl/N-ethyl adjacent to an activating group) is 1. The smallest absolute Gasteiger partial charge is 0.246 e. The van der Waals surface area contributed by atoms with Gasteiger partial charge in [0.15, 0.2) is 0 Å². The first-order chi connectivity index (χ1) is 10.1. The number of amides is 1. The molecule has 0 spiro atoms. The molecule has 5 heteroatoms. The molecule has 110 valence electrons. The van der Waals surface area contributed by atoms with Crippen LogP contribution in [0.2, 0.25) is 0 Å². The number of nitrogens with zero attached hydrogens (tertiary/aromatic N) is 2. The Morgan fingerprint density at radius 2 is 2.19 bits per heavy atom. The van der Waals surface area contributed by atoms with E-state index in [2.05, 4.69) is 4.98 Å². The Morgan fingerprint density at radius 1 is 1.43 bits per heavy atom. The highest BCUT2D eigenvalue weighted by Gasteiger charge is 2.09. The topological polar surface area (TPSA) is 42.4 Å². The number of thiazole rings is 1. The Bertz CT molecular complexity index is 649. The normalized spacial score (nSPS) is 10.8. The van der Waals surface area contributed by atoms with Crippen LogP contribution in [0.4, 0.5) is 0 Å². The van der Waals surface area contributed by atoms with Crippen LogP contribution in [-0.2, 0) is 11.3 Å². The summed E-state index contributed by atoms with van der Waals surface area (Å²) in [7, 11) is 3.40. The van der Waals surface area contributed by atoms with Crippen molar-refractivity contribution < 1.29 is 9.53 Å². The van der Waals surface area contributed by atoms with Crippen LogP contribution in [0.1, 0.15) is 16.3 Å². The highest BCUT2D eigenvalue weighted by molar-refractivity contribution is 7.09. The van der Waals surface area contributed by atoms with Crippen molar-refractivity contribution in [2.45, 2.75) is 13.5 Å². The van der Waals surface area contributed by atoms with E-state index in [1.807, 2.05) is 36.6 Å². The van der Waals surface area contributed by atoms with Gasteiger partial charge in [-0.15, -0.1) is 11.3 Å². The summed E-state index contributed by atoms with van der Waals surface area (Å²) < 4.78 is 5.29. The van der Waals surface area contributed by atoms with Gasteiger partial charge in [0.2, 0.25) is 5.91 Å². The summed E-state index contributed by atoms with van der Waals surface area (Å²) >= 11 is 1.57. The fraction of sp³-hybridized carbons (Fsp3) is 0.250. The summed E-state index contributed by atoms with van der Waals surface area (Å²) in [5.41, 5.74) is 1.80. The predicted molar refractivity (Wildman–Crippen MR) is 85.4 cm³/mol. The molecule has 4 nitrogen and oxygen atoms in total. The molecule has 1 aromatic carbocycles. The molecule has 0 atom stereocenters. The Kier molecular flexibility index (Phi) is 5.11. The van der Waals surface area contributed by atoms with Crippen molar-refractivity contribution in [3.63, 3.8) is 0 Å². The molecule has 0 N–H and O–H groups in total. The van der Waals surface area contributed by atoms with E-state index >= 15 is 0 Å². The summed E-state index contributed by atoms with van der Waals surface area (Å²) in [6.07, 6.45) is 3.29. The molecule has 0 aliphatic heterocycles. The number of hydrogen-bond donors (Lipinski definition) is 0. The molecule has 0 aliphatic carbocycles. The highest BCUT2D eigenvalue weighted by Crippen LogP contribution is 2.19. The number of aromatic nitrogens is 1. The Hall–Kier alpha value is -2.14. The summed E-state index contributed by atoms with van der Waals surface area (Å²) in [5.74, 6) is 0.725. The minimum Gasteiger partial charge on any atom is -0.496 e. The van der Waals surface area contributed by atoms with Gasteiger partial charge >= 0.3 is 0 Å². The van der Waals surface area contributed by atoms with Crippen molar-refractivity contribution in [1.29, 1.82) is 0 Å². The number of para-hydroxylation sites is 1. The van der Waals surface area contributed by atoms with Gasteiger partial charge < -0.3 is 9.64 Å². The summed E-state index contributed by atoms with van der Waals surface area (Å²) in [4.78, 5) is 18.0. The first-order valence-electron chi connectivity index (χ1n) is 6.57. The van der Waals surface area contributed by atoms with Crippen molar-refractivity contribution in [3.05, 3.63) is 52.0 Å². The van der Waals surface area contributed by atoms with Crippen molar-refractivity contribution in [2.24, 2.45) is 0 Å². The number of hydrogen-bond acceptors (Lipinski definition) is 4. The van der Waals surface area contributed by atoms with Gasteiger partial charge in [-0.25, -0.2) is 4.98 Å². The Morgan fingerprint density at radius 3 is 2.86 bits per heavy atom. The van der Waals surface area contributed by atoms with Crippen LogP contribution in [0.15, 0.2) is 35.7 Å². The van der Waals surface area contributed by atoms with Gasteiger partial charge in [-0.2, -0.15) is 0 Å². The van der Waals surface area contributed by atoms with Crippen LogP contribution in [-0.4, -0.2) is 29.9 Å². The molecular formula is C16H18N2O2S. The lowest BCUT2D eigenvalue weighted by atomic mass is 10.2. The van der Waals surface area contributed by atoms with E-state index < -0.39 is 0 Å². The predicted octanol–water partition coefficient (Wildman–Crippen LogP) is 3.13. The van der Waals surface area contributed by atoms with Gasteiger partial charge in [0.25, 0.3) is 0 Å². The molecule has 0 bridgehead atoms. The largest absolute Gasteiger partial charge is 0.496 e. The average Bonchev–Trinajstić information content (AvgIpc) is 2.91. The van der Waals surface area contributed by atoms with Crippen LogP contribution in [0, 0.1) is 6.92 Å². The third kappa shape index (κ3) is 4.16. The zero-order chi connectivity index (χ0) is 15.2. The SMILES string of the molecule is COc1ccccc1CN(C)C(=O)/C=C/c1csc(C)n1. The second-order valence-electron chi connectivity index (χ2n) is 4.63. The molecule has 0 radical (unpaired) electrons. The van der Waals surface area contributed by atoms with E-state index in [1.165, 1.54) is 0 Å². The molecule has 1 amide bonds. The molecular weight excluding hydrogens is 284 g/mol. The van der Waals surface area contributed by atoms with E-state index in [-0.39, 0.29) is 5.91 Å². The standard InChI is InChI=1S/C16H18N2O2S/c1-12-17-14(11-21-12)8-9-16(19)18(2)10-13-6-4-5-7-15(13)20-3/h4-9,11H,10H2,1-3H3/b9-8+. The van der Waals surface area contributed by atoms with Crippen LogP contribution in [0.25, 0.3) is 6.08 Å². The quantitative estimate of drug-likeness (QED) is 0.797. The molecule has 0 fully saturated rings. The third-order valence-electron chi connectivity index (χ3n) is 3.01. The highest BCUT2D eigenvalue weighted by atomic mass is 32.1. The van der Waals surface area contributed by atoms with Crippen molar-refractivity contribution in [2.75, 3.05) is 14.2 Å². The summed E-state index contributed by atoms with van der Waals surface area (Å²) in [6.45, 7) is 2.45. The summed E-state index contributed by atoms with van der Waals surface area (Å²) in [6, 6.07) is 7.69. The minimum atomic E-state index is -0.0634. The number of carbonyl (C=O) groups is 1. The van der Waals surface area contributed by atoms with Crippen LogP contribution >= 0.6 is 11.3 Å². The van der Waals surface area contributed by atoms with E-state index in [9.17, 15) is 4.79 Å². The molecule has 1 aromatic heterocycles. The van der Waals surface area contributed by atoms with Gasteiger partial charge in [-0.3, -0.25) is 4.79 Å². The molecule has 0 saturated heterocycles. The van der Waals surface area contributed by atoms with Gasteiger partial charge in [-0.05, 0) is 19.1 Å². The van der Waals surface area contributed by atoms with E-state index in [4.69, 9.17) is 4.74 Å². The average molecular weight is 302 g/mol. The molecule has 0 saturated carbocycles. The lowest BCUT2D eigenvalue weighted by Gasteiger charge is -2.17. The first-order valence-corrected chi connectivity index (χ1v) is 7.45. The van der Waals surface area contributed by atoms with Gasteiger partial charge in [0.1, 0.15) is 5.75 Å². The number of ether oxygens (including phenoxy) is 1. The lowest BCUT2D eigenvalue weighted by Crippen LogP contribution is -2.24. The molecule has 21 heavy (non-hydrogen) atoms. The molecule has 1 heterocycles. The molecule has 0 aliphatic rings. The van der Waals surface area contributed by atoms with Gasteiger partial charge in [0, 0.05) is 30.6 Å². The van der Waals surface area contributed by atoms with Gasteiger partial charge in [0.05, 0.1) is 17.8 Å². The fourth-order valence-electron chi connectivity index (χ4n) is 1.91. The van der Waals surface area contributed by atoms with Crippen molar-refractivity contribution >= 4 is 23.3 Å². The van der Waals surface area contributed by atoms with Crippen LogP contribution in [0.5, 0.6) is 5.75 Å². The van der Waals surface area contributed by atoms with Crippen LogP contribution < -0.4 is 4.74 Å². The zero-order valence-electron chi connectivity index (χ0n) is 12.4. The Labute approximate surface area is 128 Å². The maximum absolute atomic E-state index is 12.1. The molecule has 0 unspecified atom stereocenters. The Balaban J connectivity index is 2.01. The van der Waals surface area contributed by atoms with Gasteiger partial charge in [-0.1, -0.05) is 18.2 Å². The first kappa shape index (κ1) is 15.3. The lowest BCUT2D eigenvalue weighted by molar-refractivity contribution is -0.125. The van der Waals surface area contributed by atoms with E-state index in [0.717, 1.165) is 22.0 Å². The maximum Gasteiger partial charge on any atom is 0.246 e. The number of carbonyl (C=O) groups excluding carboxylic acids is 1. The van der Waals surface area contributed by atoms with E-state index in [0.29, 0.717) is 6.54 Å².